The van der Waals surface area contributed by atoms with E-state index >= 15 is 0 Å². The van der Waals surface area contributed by atoms with Gasteiger partial charge in [-0.05, 0) is 42.7 Å². The van der Waals surface area contributed by atoms with E-state index in [0.717, 1.165) is 11.1 Å². The number of hydrogen-bond donors (Lipinski definition) is 1. The summed E-state index contributed by atoms with van der Waals surface area (Å²) in [5.74, 6) is -1.61. The van der Waals surface area contributed by atoms with Gasteiger partial charge in [0.1, 0.15) is 5.92 Å². The van der Waals surface area contributed by atoms with Crippen molar-refractivity contribution in [1.82, 2.24) is 10.2 Å². The van der Waals surface area contributed by atoms with Crippen LogP contribution in [0.1, 0.15) is 22.7 Å². The van der Waals surface area contributed by atoms with Crippen LogP contribution in [0.15, 0.2) is 36.5 Å². The largest absolute Gasteiger partial charge is 0.481 e. The SMILES string of the molecule is Cc1cnnc(C(Cc2ccc(Cl)cc2)C(=O)O)c1. The minimum absolute atomic E-state index is 0.366. The van der Waals surface area contributed by atoms with Gasteiger partial charge < -0.3 is 5.11 Å². The van der Waals surface area contributed by atoms with Crippen molar-refractivity contribution in [3.8, 4) is 0 Å². The molecule has 5 heteroatoms. The van der Waals surface area contributed by atoms with Crippen LogP contribution in [0.3, 0.4) is 0 Å². The summed E-state index contributed by atoms with van der Waals surface area (Å²) < 4.78 is 0. The molecule has 0 amide bonds. The van der Waals surface area contributed by atoms with Gasteiger partial charge in [0.05, 0.1) is 11.9 Å². The maximum absolute atomic E-state index is 11.4. The summed E-state index contributed by atoms with van der Waals surface area (Å²) in [6.07, 6.45) is 1.97. The summed E-state index contributed by atoms with van der Waals surface area (Å²) in [4.78, 5) is 11.4. The van der Waals surface area contributed by atoms with Crippen LogP contribution < -0.4 is 0 Å². The number of aryl methyl sites for hydroxylation is 1. The standard InChI is InChI=1S/C14H13ClN2O2/c1-9-6-13(17-16-8-9)12(14(18)19)7-10-2-4-11(15)5-3-10/h2-6,8,12H,7H2,1H3,(H,18,19). The van der Waals surface area contributed by atoms with Crippen molar-refractivity contribution in [3.63, 3.8) is 0 Å². The third-order valence-electron chi connectivity index (χ3n) is 2.82. The number of halogens is 1. The van der Waals surface area contributed by atoms with E-state index in [-0.39, 0.29) is 0 Å². The van der Waals surface area contributed by atoms with Crippen molar-refractivity contribution < 1.29 is 9.90 Å². The summed E-state index contributed by atoms with van der Waals surface area (Å²) in [6, 6.07) is 8.89. The first-order chi connectivity index (χ1) is 9.06. The third-order valence-corrected chi connectivity index (χ3v) is 3.07. The number of carbonyl (C=O) groups is 1. The maximum atomic E-state index is 11.4. The van der Waals surface area contributed by atoms with Crippen molar-refractivity contribution in [2.45, 2.75) is 19.3 Å². The lowest BCUT2D eigenvalue weighted by Gasteiger charge is -2.11. The fourth-order valence-electron chi connectivity index (χ4n) is 1.83. The van der Waals surface area contributed by atoms with Crippen LogP contribution in [0.5, 0.6) is 0 Å². The number of nitrogens with zero attached hydrogens (tertiary/aromatic N) is 2. The van der Waals surface area contributed by atoms with Crippen LogP contribution in [0.4, 0.5) is 0 Å². The maximum Gasteiger partial charge on any atom is 0.313 e. The van der Waals surface area contributed by atoms with E-state index in [2.05, 4.69) is 10.2 Å². The van der Waals surface area contributed by atoms with Gasteiger partial charge in [-0.3, -0.25) is 4.79 Å². The lowest BCUT2D eigenvalue weighted by atomic mass is 9.95. The van der Waals surface area contributed by atoms with Crippen LogP contribution in [-0.4, -0.2) is 21.3 Å². The highest BCUT2D eigenvalue weighted by atomic mass is 35.5. The molecule has 1 aromatic heterocycles. The van der Waals surface area contributed by atoms with Crippen molar-refractivity contribution in [1.29, 1.82) is 0 Å². The number of aliphatic carboxylic acids is 1. The molecule has 0 aliphatic rings. The van der Waals surface area contributed by atoms with E-state index in [0.29, 0.717) is 17.1 Å². The van der Waals surface area contributed by atoms with Crippen molar-refractivity contribution in [2.24, 2.45) is 0 Å². The highest BCUT2D eigenvalue weighted by Gasteiger charge is 2.22. The number of hydrogen-bond acceptors (Lipinski definition) is 3. The number of carboxylic acid groups (broad SMARTS) is 1. The van der Waals surface area contributed by atoms with Crippen molar-refractivity contribution in [2.75, 3.05) is 0 Å². The highest BCUT2D eigenvalue weighted by Crippen LogP contribution is 2.21. The van der Waals surface area contributed by atoms with Crippen LogP contribution in [0, 0.1) is 6.92 Å². The molecule has 0 radical (unpaired) electrons. The van der Waals surface area contributed by atoms with Gasteiger partial charge >= 0.3 is 5.97 Å². The van der Waals surface area contributed by atoms with Gasteiger partial charge in [0.25, 0.3) is 0 Å². The van der Waals surface area contributed by atoms with E-state index in [1.807, 2.05) is 19.1 Å². The van der Waals surface area contributed by atoms with Crippen LogP contribution in [-0.2, 0) is 11.2 Å². The molecule has 0 aliphatic heterocycles. The first kappa shape index (κ1) is 13.5. The zero-order chi connectivity index (χ0) is 13.8. The molecule has 0 spiro atoms. The molecule has 0 fully saturated rings. The molecule has 1 atom stereocenters. The molecule has 0 aliphatic carbocycles. The van der Waals surface area contributed by atoms with Crippen LogP contribution >= 0.6 is 11.6 Å². The summed E-state index contributed by atoms with van der Waals surface area (Å²) in [5.41, 5.74) is 2.27. The average molecular weight is 277 g/mol. The van der Waals surface area contributed by atoms with Crippen LogP contribution in [0.25, 0.3) is 0 Å². The van der Waals surface area contributed by atoms with E-state index in [1.165, 1.54) is 0 Å². The fourth-order valence-corrected chi connectivity index (χ4v) is 1.96. The Balaban J connectivity index is 2.26. The van der Waals surface area contributed by atoms with Crippen LogP contribution in [0.2, 0.25) is 5.02 Å². The normalized spacial score (nSPS) is 12.1. The number of benzene rings is 1. The predicted octanol–water partition coefficient (Wildman–Crippen LogP) is 2.85. The summed E-state index contributed by atoms with van der Waals surface area (Å²) in [7, 11) is 0. The Hall–Kier alpha value is -1.94. The second-order valence-corrected chi connectivity index (χ2v) is 4.82. The molecule has 1 N–H and O–H groups in total. The Labute approximate surface area is 116 Å². The quantitative estimate of drug-likeness (QED) is 0.933. The van der Waals surface area contributed by atoms with Gasteiger partial charge in [0.2, 0.25) is 0 Å². The van der Waals surface area contributed by atoms with E-state index in [4.69, 9.17) is 11.6 Å². The summed E-state index contributed by atoms with van der Waals surface area (Å²) in [5, 5.41) is 17.7. The molecule has 1 heterocycles. The Kier molecular flexibility index (Phi) is 4.12. The lowest BCUT2D eigenvalue weighted by Crippen LogP contribution is -2.16. The fraction of sp³-hybridized carbons (Fsp3) is 0.214. The van der Waals surface area contributed by atoms with Crippen molar-refractivity contribution in [3.05, 3.63) is 58.4 Å². The second-order valence-electron chi connectivity index (χ2n) is 4.38. The lowest BCUT2D eigenvalue weighted by molar-refractivity contribution is -0.138. The molecule has 1 unspecified atom stereocenters. The van der Waals surface area contributed by atoms with E-state index in [1.54, 1.807) is 24.4 Å². The van der Waals surface area contributed by atoms with Gasteiger partial charge in [-0.2, -0.15) is 10.2 Å². The molecule has 4 nitrogen and oxygen atoms in total. The topological polar surface area (TPSA) is 63.1 Å². The Morgan fingerprint density at radius 1 is 1.37 bits per heavy atom. The van der Waals surface area contributed by atoms with E-state index in [9.17, 15) is 9.90 Å². The summed E-state index contributed by atoms with van der Waals surface area (Å²) in [6.45, 7) is 1.86. The Bertz CT molecular complexity index is 584. The van der Waals surface area contributed by atoms with Gasteiger partial charge in [-0.25, -0.2) is 0 Å². The first-order valence-electron chi connectivity index (χ1n) is 5.83. The average Bonchev–Trinajstić information content (AvgIpc) is 2.37. The number of rotatable bonds is 4. The van der Waals surface area contributed by atoms with Gasteiger partial charge in [-0.1, -0.05) is 23.7 Å². The molecule has 2 rings (SSSR count). The number of aromatic nitrogens is 2. The summed E-state index contributed by atoms with van der Waals surface area (Å²) >= 11 is 5.81. The molecular formula is C14H13ClN2O2. The molecular weight excluding hydrogens is 264 g/mol. The minimum Gasteiger partial charge on any atom is -0.481 e. The second kappa shape index (κ2) is 5.80. The molecule has 19 heavy (non-hydrogen) atoms. The monoisotopic (exact) mass is 276 g/mol. The zero-order valence-electron chi connectivity index (χ0n) is 10.4. The molecule has 0 saturated carbocycles. The van der Waals surface area contributed by atoms with Gasteiger partial charge in [-0.15, -0.1) is 0 Å². The molecule has 2 aromatic rings. The smallest absolute Gasteiger partial charge is 0.313 e. The van der Waals surface area contributed by atoms with E-state index < -0.39 is 11.9 Å². The number of carboxylic acids is 1. The molecule has 98 valence electrons. The van der Waals surface area contributed by atoms with Gasteiger partial charge in [0, 0.05) is 5.02 Å². The van der Waals surface area contributed by atoms with Crippen molar-refractivity contribution >= 4 is 17.6 Å². The third kappa shape index (κ3) is 3.51. The molecule has 0 saturated heterocycles. The zero-order valence-corrected chi connectivity index (χ0v) is 11.1. The van der Waals surface area contributed by atoms with Gasteiger partial charge in [0.15, 0.2) is 0 Å². The highest BCUT2D eigenvalue weighted by molar-refractivity contribution is 6.30. The molecule has 1 aromatic carbocycles. The Morgan fingerprint density at radius 3 is 2.63 bits per heavy atom. The Morgan fingerprint density at radius 2 is 2.05 bits per heavy atom. The molecule has 0 bridgehead atoms. The minimum atomic E-state index is -0.908. The predicted molar refractivity (Wildman–Crippen MR) is 72.3 cm³/mol. The first-order valence-corrected chi connectivity index (χ1v) is 6.20.